The summed E-state index contributed by atoms with van der Waals surface area (Å²) in [5.41, 5.74) is 6.92. The lowest BCUT2D eigenvalue weighted by molar-refractivity contribution is -0.125. The fraction of sp³-hybridized carbons (Fsp3) is 0.211. The van der Waals surface area contributed by atoms with Gasteiger partial charge in [0, 0.05) is 23.5 Å². The highest BCUT2D eigenvalue weighted by Crippen LogP contribution is 2.26. The maximum atomic E-state index is 11.7. The van der Waals surface area contributed by atoms with E-state index in [1.165, 1.54) is 0 Å². The molecule has 5 heteroatoms. The van der Waals surface area contributed by atoms with E-state index < -0.39 is 0 Å². The quantitative estimate of drug-likeness (QED) is 0.799. The average Bonchev–Trinajstić information content (AvgIpc) is 3.06. The molecule has 0 saturated heterocycles. The molecule has 1 N–H and O–H groups in total. The molecule has 5 nitrogen and oxygen atoms in total. The van der Waals surface area contributed by atoms with E-state index in [2.05, 4.69) is 15.5 Å². The Morgan fingerprint density at radius 2 is 2.00 bits per heavy atom. The van der Waals surface area contributed by atoms with Crippen LogP contribution in [-0.4, -0.2) is 16.6 Å². The molecule has 0 fully saturated rings. The van der Waals surface area contributed by atoms with E-state index in [9.17, 15) is 4.79 Å². The predicted molar refractivity (Wildman–Crippen MR) is 92.5 cm³/mol. The summed E-state index contributed by atoms with van der Waals surface area (Å²) in [6.45, 7) is 2.01. The molecule has 1 aliphatic heterocycles. The van der Waals surface area contributed by atoms with Crippen LogP contribution in [0.4, 0.5) is 0 Å². The zero-order chi connectivity index (χ0) is 16.5. The molecule has 2 aromatic carbocycles. The minimum atomic E-state index is -0.0252. The van der Waals surface area contributed by atoms with Gasteiger partial charge in [0.25, 0.3) is 0 Å². The second-order valence-electron chi connectivity index (χ2n) is 5.91. The lowest BCUT2D eigenvalue weighted by Crippen LogP contribution is -2.34. The second kappa shape index (κ2) is 5.92. The molecule has 120 valence electrons. The molecular weight excluding hydrogens is 302 g/mol. The van der Waals surface area contributed by atoms with Crippen LogP contribution in [0.3, 0.4) is 0 Å². The SMILES string of the molecule is CCC1CC(c2ccc3nc(-c4ccccc4)oc3c2)=NNC1=O. The molecule has 1 amide bonds. The topological polar surface area (TPSA) is 67.5 Å². The van der Waals surface area contributed by atoms with E-state index in [4.69, 9.17) is 4.42 Å². The Bertz CT molecular complexity index is 928. The first-order chi connectivity index (χ1) is 11.7. The number of hydrogen-bond acceptors (Lipinski definition) is 4. The van der Waals surface area contributed by atoms with Crippen molar-refractivity contribution >= 4 is 22.7 Å². The summed E-state index contributed by atoms with van der Waals surface area (Å²) in [7, 11) is 0. The van der Waals surface area contributed by atoms with Gasteiger partial charge in [0.2, 0.25) is 11.8 Å². The highest BCUT2D eigenvalue weighted by Gasteiger charge is 2.24. The lowest BCUT2D eigenvalue weighted by Gasteiger charge is -2.19. The van der Waals surface area contributed by atoms with Gasteiger partial charge in [-0.2, -0.15) is 5.10 Å². The molecular formula is C19H17N3O2. The van der Waals surface area contributed by atoms with Crippen molar-refractivity contribution in [3.8, 4) is 11.5 Å². The number of nitrogens with one attached hydrogen (secondary N) is 1. The van der Waals surface area contributed by atoms with Crippen LogP contribution in [0.1, 0.15) is 25.3 Å². The van der Waals surface area contributed by atoms with Gasteiger partial charge in [0.05, 0.1) is 5.71 Å². The summed E-state index contributed by atoms with van der Waals surface area (Å²) in [5.74, 6) is 0.573. The molecule has 24 heavy (non-hydrogen) atoms. The monoisotopic (exact) mass is 319 g/mol. The molecule has 1 unspecified atom stereocenters. The molecule has 1 aliphatic rings. The molecule has 0 saturated carbocycles. The average molecular weight is 319 g/mol. The first kappa shape index (κ1) is 14.6. The normalized spacial score (nSPS) is 17.6. The standard InChI is InChI=1S/C19H17N3O2/c1-2-12-10-16(21-22-18(12)23)14-8-9-15-17(11-14)24-19(20-15)13-6-4-3-5-7-13/h3-9,11-12H,2,10H2,1H3,(H,22,23). The number of fused-ring (bicyclic) bond motifs is 1. The lowest BCUT2D eigenvalue weighted by atomic mass is 9.93. The van der Waals surface area contributed by atoms with Crippen LogP contribution in [-0.2, 0) is 4.79 Å². The number of benzene rings is 2. The van der Waals surface area contributed by atoms with Crippen molar-refractivity contribution in [2.24, 2.45) is 11.0 Å². The van der Waals surface area contributed by atoms with Gasteiger partial charge in [-0.15, -0.1) is 0 Å². The van der Waals surface area contributed by atoms with E-state index >= 15 is 0 Å². The van der Waals surface area contributed by atoms with E-state index in [0.717, 1.165) is 34.4 Å². The maximum absolute atomic E-state index is 11.7. The van der Waals surface area contributed by atoms with E-state index in [-0.39, 0.29) is 11.8 Å². The van der Waals surface area contributed by atoms with Gasteiger partial charge in [0.1, 0.15) is 5.52 Å². The number of carbonyl (C=O) groups excluding carboxylic acids is 1. The van der Waals surface area contributed by atoms with Crippen LogP contribution >= 0.6 is 0 Å². The van der Waals surface area contributed by atoms with Gasteiger partial charge >= 0.3 is 0 Å². The number of amides is 1. The number of rotatable bonds is 3. The molecule has 0 spiro atoms. The molecule has 4 rings (SSSR count). The Morgan fingerprint density at radius 1 is 1.17 bits per heavy atom. The molecule has 0 aliphatic carbocycles. The van der Waals surface area contributed by atoms with Gasteiger partial charge in [-0.1, -0.05) is 31.2 Å². The van der Waals surface area contributed by atoms with Crippen molar-refractivity contribution in [1.29, 1.82) is 0 Å². The van der Waals surface area contributed by atoms with Crippen molar-refractivity contribution in [2.75, 3.05) is 0 Å². The maximum Gasteiger partial charge on any atom is 0.243 e. The van der Waals surface area contributed by atoms with Crippen molar-refractivity contribution in [2.45, 2.75) is 19.8 Å². The van der Waals surface area contributed by atoms with Gasteiger partial charge in [-0.3, -0.25) is 4.79 Å². The Balaban J connectivity index is 1.70. The number of hydrazone groups is 1. The first-order valence-corrected chi connectivity index (χ1v) is 8.07. The van der Waals surface area contributed by atoms with Gasteiger partial charge in [0.15, 0.2) is 5.58 Å². The fourth-order valence-corrected chi connectivity index (χ4v) is 2.91. The summed E-state index contributed by atoms with van der Waals surface area (Å²) in [5, 5.41) is 4.21. The van der Waals surface area contributed by atoms with Crippen molar-refractivity contribution in [3.05, 3.63) is 54.1 Å². The van der Waals surface area contributed by atoms with Crippen molar-refractivity contribution < 1.29 is 9.21 Å². The van der Waals surface area contributed by atoms with Crippen LogP contribution in [0.2, 0.25) is 0 Å². The van der Waals surface area contributed by atoms with Crippen LogP contribution < -0.4 is 5.43 Å². The fourth-order valence-electron chi connectivity index (χ4n) is 2.91. The number of carbonyl (C=O) groups is 1. The van der Waals surface area contributed by atoms with E-state index in [1.54, 1.807) is 0 Å². The molecule has 0 radical (unpaired) electrons. The zero-order valence-corrected chi connectivity index (χ0v) is 13.3. The zero-order valence-electron chi connectivity index (χ0n) is 13.3. The summed E-state index contributed by atoms with van der Waals surface area (Å²) in [6.07, 6.45) is 1.45. The Labute approximate surface area is 139 Å². The smallest absolute Gasteiger partial charge is 0.243 e. The predicted octanol–water partition coefficient (Wildman–Crippen LogP) is 3.75. The molecule has 1 atom stereocenters. The summed E-state index contributed by atoms with van der Waals surface area (Å²) < 4.78 is 5.91. The van der Waals surface area contributed by atoms with Crippen LogP contribution in [0.15, 0.2) is 58.0 Å². The molecule has 3 aromatic rings. The third-order valence-corrected chi connectivity index (χ3v) is 4.35. The third kappa shape index (κ3) is 2.58. The second-order valence-corrected chi connectivity index (χ2v) is 5.91. The number of nitrogens with zero attached hydrogens (tertiary/aromatic N) is 2. The Morgan fingerprint density at radius 3 is 2.79 bits per heavy atom. The van der Waals surface area contributed by atoms with Crippen LogP contribution in [0, 0.1) is 5.92 Å². The Kier molecular flexibility index (Phi) is 3.61. The molecule has 2 heterocycles. The molecule has 1 aromatic heterocycles. The van der Waals surface area contributed by atoms with Gasteiger partial charge in [-0.05, 0) is 30.7 Å². The first-order valence-electron chi connectivity index (χ1n) is 8.07. The number of hydrogen-bond donors (Lipinski definition) is 1. The number of oxazole rings is 1. The Hall–Kier alpha value is -2.95. The van der Waals surface area contributed by atoms with Gasteiger partial charge in [-0.25, -0.2) is 10.4 Å². The van der Waals surface area contributed by atoms with Crippen molar-refractivity contribution in [1.82, 2.24) is 10.4 Å². The highest BCUT2D eigenvalue weighted by atomic mass is 16.3. The van der Waals surface area contributed by atoms with E-state index in [0.29, 0.717) is 12.3 Å². The minimum absolute atomic E-state index is 0.00615. The van der Waals surface area contributed by atoms with Crippen molar-refractivity contribution in [3.63, 3.8) is 0 Å². The van der Waals surface area contributed by atoms with Gasteiger partial charge < -0.3 is 4.42 Å². The largest absolute Gasteiger partial charge is 0.436 e. The summed E-state index contributed by atoms with van der Waals surface area (Å²) >= 11 is 0. The summed E-state index contributed by atoms with van der Waals surface area (Å²) in [6, 6.07) is 15.7. The number of aromatic nitrogens is 1. The highest BCUT2D eigenvalue weighted by molar-refractivity contribution is 6.06. The molecule has 0 bridgehead atoms. The summed E-state index contributed by atoms with van der Waals surface area (Å²) in [4.78, 5) is 16.3. The van der Waals surface area contributed by atoms with E-state index in [1.807, 2.05) is 55.5 Å². The third-order valence-electron chi connectivity index (χ3n) is 4.35. The van der Waals surface area contributed by atoms with Crippen LogP contribution in [0.25, 0.3) is 22.6 Å². The van der Waals surface area contributed by atoms with Crippen LogP contribution in [0.5, 0.6) is 0 Å². The minimum Gasteiger partial charge on any atom is -0.436 e.